The smallest absolute Gasteiger partial charge is 0.333 e. The number of rotatable bonds is 1. The molecule has 0 aliphatic carbocycles. The van der Waals surface area contributed by atoms with E-state index in [4.69, 9.17) is 9.18 Å². The highest BCUT2D eigenvalue weighted by atomic mass is 16.5. The summed E-state index contributed by atoms with van der Waals surface area (Å²) in [4.78, 5) is 0. The normalized spacial score (nSPS) is 22.8. The summed E-state index contributed by atoms with van der Waals surface area (Å²) >= 11 is 0. The first-order chi connectivity index (χ1) is 7.24. The van der Waals surface area contributed by atoms with Gasteiger partial charge in [-0.3, -0.25) is 0 Å². The fraction of sp³-hybridized carbons (Fsp3) is 0.750. The fourth-order valence-electron chi connectivity index (χ4n) is 2.38. The van der Waals surface area contributed by atoms with Crippen LogP contribution in [0.25, 0.3) is 0 Å². The molecule has 0 saturated carbocycles. The van der Waals surface area contributed by atoms with Gasteiger partial charge in [-0.2, -0.15) is 0 Å². The lowest BCUT2D eigenvalue weighted by atomic mass is 9.53. The van der Waals surface area contributed by atoms with E-state index in [0.717, 1.165) is 23.2 Å². The van der Waals surface area contributed by atoms with Crippen LogP contribution in [-0.2, 0) is 4.65 Å². The highest BCUT2D eigenvalue weighted by molar-refractivity contribution is 6.69. The van der Waals surface area contributed by atoms with Crippen LogP contribution in [0.15, 0.2) is 4.52 Å². The van der Waals surface area contributed by atoms with Crippen molar-refractivity contribution in [2.45, 2.75) is 53.5 Å². The van der Waals surface area contributed by atoms with Crippen molar-refractivity contribution in [3.63, 3.8) is 0 Å². The number of aryl methyl sites for hydroxylation is 2. The molecule has 0 unspecified atom stereocenters. The maximum absolute atomic E-state index is 6.17. The first-order valence-corrected chi connectivity index (χ1v) is 5.85. The van der Waals surface area contributed by atoms with Crippen molar-refractivity contribution >= 4 is 12.4 Å². The van der Waals surface area contributed by atoms with Crippen LogP contribution in [0.5, 0.6) is 0 Å². The summed E-state index contributed by atoms with van der Waals surface area (Å²) in [5.41, 5.74) is 2.16. The van der Waals surface area contributed by atoms with Crippen LogP contribution < -0.4 is 5.46 Å². The maximum Gasteiger partial charge on any atom is 0.333 e. The first kappa shape index (κ1) is 11.7. The Labute approximate surface area is 97.6 Å². The van der Waals surface area contributed by atoms with E-state index in [1.54, 1.807) is 0 Å². The van der Waals surface area contributed by atoms with Crippen molar-refractivity contribution in [2.24, 2.45) is 5.41 Å². The largest absolute Gasteiger partial charge is 0.425 e. The predicted octanol–water partition coefficient (Wildman–Crippen LogP) is 2.32. The third kappa shape index (κ3) is 1.60. The second-order valence-corrected chi connectivity index (χ2v) is 5.94. The standard InChI is InChI=1S/C12H20BNO2/c1-8-10(9(2)15-14-8)13-7-11(3,4)12(5,6)16-13/h7H2,1-6H3. The van der Waals surface area contributed by atoms with E-state index >= 15 is 0 Å². The highest BCUT2D eigenvalue weighted by Crippen LogP contribution is 2.45. The zero-order valence-electron chi connectivity index (χ0n) is 11.0. The molecule has 0 atom stereocenters. The van der Waals surface area contributed by atoms with Gasteiger partial charge in [0.05, 0.1) is 11.3 Å². The third-order valence-corrected chi connectivity index (χ3v) is 4.17. The Kier molecular flexibility index (Phi) is 2.46. The zero-order valence-corrected chi connectivity index (χ0v) is 11.0. The van der Waals surface area contributed by atoms with Gasteiger partial charge >= 0.3 is 6.92 Å². The van der Waals surface area contributed by atoms with Gasteiger partial charge in [0.25, 0.3) is 0 Å². The molecule has 0 spiro atoms. The van der Waals surface area contributed by atoms with Crippen LogP contribution in [0.4, 0.5) is 0 Å². The lowest BCUT2D eigenvalue weighted by Crippen LogP contribution is -2.37. The maximum atomic E-state index is 6.17. The van der Waals surface area contributed by atoms with E-state index in [-0.39, 0.29) is 17.9 Å². The van der Waals surface area contributed by atoms with Gasteiger partial charge < -0.3 is 9.18 Å². The van der Waals surface area contributed by atoms with Gasteiger partial charge in [-0.05, 0) is 39.4 Å². The minimum absolute atomic E-state index is 0.103. The van der Waals surface area contributed by atoms with Crippen LogP contribution >= 0.6 is 0 Å². The Bertz CT molecular complexity index is 374. The Morgan fingerprint density at radius 3 is 2.19 bits per heavy atom. The minimum Gasteiger partial charge on any atom is -0.425 e. The molecule has 88 valence electrons. The molecular formula is C12H20BNO2. The van der Waals surface area contributed by atoms with Gasteiger partial charge in [-0.25, -0.2) is 0 Å². The average molecular weight is 221 g/mol. The monoisotopic (exact) mass is 221 g/mol. The summed E-state index contributed by atoms with van der Waals surface area (Å²) in [5, 5.41) is 4.00. The molecule has 0 N–H and O–H groups in total. The van der Waals surface area contributed by atoms with Gasteiger partial charge in [-0.15, -0.1) is 0 Å². The van der Waals surface area contributed by atoms with Gasteiger partial charge in [0.15, 0.2) is 0 Å². The summed E-state index contributed by atoms with van der Waals surface area (Å²) < 4.78 is 11.4. The molecular weight excluding hydrogens is 201 g/mol. The SMILES string of the molecule is Cc1noc(C)c1B1CC(C)(C)C(C)(C)O1. The van der Waals surface area contributed by atoms with Crippen molar-refractivity contribution in [1.82, 2.24) is 5.16 Å². The van der Waals surface area contributed by atoms with Crippen molar-refractivity contribution in [1.29, 1.82) is 0 Å². The molecule has 1 fully saturated rings. The molecule has 3 nitrogen and oxygen atoms in total. The molecule has 0 radical (unpaired) electrons. The van der Waals surface area contributed by atoms with Crippen LogP contribution in [-0.4, -0.2) is 17.7 Å². The highest BCUT2D eigenvalue weighted by Gasteiger charge is 2.51. The molecule has 0 amide bonds. The summed E-state index contributed by atoms with van der Waals surface area (Å²) in [6.45, 7) is 12.9. The summed E-state index contributed by atoms with van der Waals surface area (Å²) in [5.74, 6) is 0.885. The Balaban J connectivity index is 2.34. The Hall–Kier alpha value is -0.765. The van der Waals surface area contributed by atoms with Crippen LogP contribution in [0.2, 0.25) is 6.32 Å². The van der Waals surface area contributed by atoms with Crippen molar-refractivity contribution in [3.8, 4) is 0 Å². The van der Waals surface area contributed by atoms with Gasteiger partial charge in [0.2, 0.25) is 0 Å². The van der Waals surface area contributed by atoms with E-state index in [2.05, 4.69) is 32.9 Å². The Morgan fingerprint density at radius 2 is 1.81 bits per heavy atom. The third-order valence-electron chi connectivity index (χ3n) is 4.17. The number of hydrogen-bond acceptors (Lipinski definition) is 3. The molecule has 2 heterocycles. The summed E-state index contributed by atoms with van der Waals surface area (Å²) in [7, 11) is 0. The zero-order chi connectivity index (χ0) is 12.1. The van der Waals surface area contributed by atoms with Gasteiger partial charge in [0.1, 0.15) is 5.76 Å². The number of aromatic nitrogens is 1. The van der Waals surface area contributed by atoms with E-state index < -0.39 is 0 Å². The molecule has 0 bridgehead atoms. The second kappa shape index (κ2) is 3.36. The Morgan fingerprint density at radius 1 is 1.19 bits per heavy atom. The van der Waals surface area contributed by atoms with Crippen molar-refractivity contribution < 1.29 is 9.18 Å². The molecule has 1 aliphatic heterocycles. The van der Waals surface area contributed by atoms with Crippen LogP contribution in [0.1, 0.15) is 39.1 Å². The van der Waals surface area contributed by atoms with E-state index in [1.165, 1.54) is 0 Å². The molecule has 2 rings (SSSR count). The molecule has 16 heavy (non-hydrogen) atoms. The molecule has 1 aromatic heterocycles. The lowest BCUT2D eigenvalue weighted by Gasteiger charge is -2.34. The number of nitrogens with zero attached hydrogens (tertiary/aromatic N) is 1. The summed E-state index contributed by atoms with van der Waals surface area (Å²) in [6, 6.07) is 0. The minimum atomic E-state index is -0.103. The molecule has 1 aliphatic rings. The first-order valence-electron chi connectivity index (χ1n) is 5.85. The van der Waals surface area contributed by atoms with Crippen LogP contribution in [0.3, 0.4) is 0 Å². The molecule has 1 saturated heterocycles. The van der Waals surface area contributed by atoms with E-state index in [0.29, 0.717) is 0 Å². The van der Waals surface area contributed by atoms with Crippen molar-refractivity contribution in [3.05, 3.63) is 11.5 Å². The van der Waals surface area contributed by atoms with Crippen LogP contribution in [0, 0.1) is 19.3 Å². The number of hydrogen-bond donors (Lipinski definition) is 0. The average Bonchev–Trinajstić information content (AvgIpc) is 2.52. The molecule has 1 aromatic rings. The lowest BCUT2D eigenvalue weighted by molar-refractivity contribution is 0.0375. The molecule has 4 heteroatoms. The van der Waals surface area contributed by atoms with E-state index in [9.17, 15) is 0 Å². The fourth-order valence-corrected chi connectivity index (χ4v) is 2.38. The van der Waals surface area contributed by atoms with E-state index in [1.807, 2.05) is 13.8 Å². The second-order valence-electron chi connectivity index (χ2n) is 5.94. The van der Waals surface area contributed by atoms with Crippen molar-refractivity contribution in [2.75, 3.05) is 0 Å². The predicted molar refractivity (Wildman–Crippen MR) is 65.1 cm³/mol. The molecule has 0 aromatic carbocycles. The van der Waals surface area contributed by atoms with Gasteiger partial charge in [0, 0.05) is 5.46 Å². The quantitative estimate of drug-likeness (QED) is 0.682. The van der Waals surface area contributed by atoms with Gasteiger partial charge in [-0.1, -0.05) is 19.0 Å². The summed E-state index contributed by atoms with van der Waals surface area (Å²) in [6.07, 6.45) is 1.02. The topological polar surface area (TPSA) is 35.3 Å².